The number of Topliss-reactive ketones (excluding diaryl/α,β-unsaturated/α-hetero) is 1. The molecule has 0 N–H and O–H groups in total. The summed E-state index contributed by atoms with van der Waals surface area (Å²) in [5.74, 6) is 2.18. The molecule has 0 amide bonds. The summed E-state index contributed by atoms with van der Waals surface area (Å²) >= 11 is 5.90. The maximum Gasteiger partial charge on any atom is 0.159 e. The van der Waals surface area contributed by atoms with Crippen LogP contribution in [0.1, 0.15) is 48.7 Å². The van der Waals surface area contributed by atoms with Gasteiger partial charge in [-0.25, -0.2) is 0 Å². The highest BCUT2D eigenvalue weighted by Crippen LogP contribution is 2.21. The van der Waals surface area contributed by atoms with Crippen molar-refractivity contribution < 1.29 is 4.79 Å². The van der Waals surface area contributed by atoms with Crippen LogP contribution in [0.4, 0.5) is 0 Å². The van der Waals surface area contributed by atoms with Crippen LogP contribution < -0.4 is 0 Å². The summed E-state index contributed by atoms with van der Waals surface area (Å²) in [6, 6.07) is 7.39. The first-order valence-corrected chi connectivity index (χ1v) is 6.69. The van der Waals surface area contributed by atoms with Crippen molar-refractivity contribution in [1.29, 1.82) is 0 Å². The predicted octanol–water partition coefficient (Wildman–Crippen LogP) is 3.33. The largest absolute Gasteiger partial charge is 0.295 e. The molecule has 0 atom stereocenters. The number of alkyl halides is 1. The molecule has 0 aliphatic heterocycles. The van der Waals surface area contributed by atoms with Gasteiger partial charge in [0.15, 0.2) is 11.6 Å². The molecule has 0 spiro atoms. The van der Waals surface area contributed by atoms with E-state index in [-0.39, 0.29) is 11.7 Å². The topological polar surface area (TPSA) is 47.8 Å². The van der Waals surface area contributed by atoms with E-state index in [1.807, 2.05) is 16.7 Å². The van der Waals surface area contributed by atoms with E-state index in [4.69, 9.17) is 11.6 Å². The first kappa shape index (κ1) is 13.7. The van der Waals surface area contributed by atoms with Gasteiger partial charge >= 0.3 is 0 Å². The van der Waals surface area contributed by atoms with Gasteiger partial charge in [0, 0.05) is 17.2 Å². The van der Waals surface area contributed by atoms with E-state index >= 15 is 0 Å². The second kappa shape index (κ2) is 5.53. The van der Waals surface area contributed by atoms with Gasteiger partial charge in [-0.1, -0.05) is 13.8 Å². The monoisotopic (exact) mass is 277 g/mol. The zero-order valence-corrected chi connectivity index (χ0v) is 12.0. The second-order valence-corrected chi connectivity index (χ2v) is 4.97. The molecule has 0 saturated carbocycles. The smallest absolute Gasteiger partial charge is 0.159 e. The molecule has 0 aliphatic rings. The molecule has 4 nitrogen and oxygen atoms in total. The summed E-state index contributed by atoms with van der Waals surface area (Å²) in [6.07, 6.45) is 0. The van der Waals surface area contributed by atoms with E-state index in [0.29, 0.717) is 17.3 Å². The standard InChI is InChI=1S/C14H16ClN3O/c1-9(2)14-17-16-13(8-15)18(14)12-6-4-11(5-7-12)10(3)19/h4-7,9H,8H2,1-3H3. The van der Waals surface area contributed by atoms with E-state index in [1.165, 1.54) is 0 Å². The van der Waals surface area contributed by atoms with Crippen LogP contribution in [0.3, 0.4) is 0 Å². The second-order valence-electron chi connectivity index (χ2n) is 4.70. The number of benzene rings is 1. The van der Waals surface area contributed by atoms with Crippen LogP contribution in [0.25, 0.3) is 5.69 Å². The Morgan fingerprint density at radius 3 is 2.37 bits per heavy atom. The minimum atomic E-state index is 0.0527. The van der Waals surface area contributed by atoms with Crippen LogP contribution >= 0.6 is 11.6 Å². The summed E-state index contributed by atoms with van der Waals surface area (Å²) in [6.45, 7) is 5.67. The fraction of sp³-hybridized carbons (Fsp3) is 0.357. The molecule has 0 radical (unpaired) electrons. The van der Waals surface area contributed by atoms with Gasteiger partial charge in [-0.05, 0) is 31.2 Å². The fourth-order valence-electron chi connectivity index (χ4n) is 1.92. The van der Waals surface area contributed by atoms with E-state index in [0.717, 1.165) is 11.5 Å². The van der Waals surface area contributed by atoms with Gasteiger partial charge in [-0.15, -0.1) is 21.8 Å². The first-order valence-electron chi connectivity index (χ1n) is 6.16. The van der Waals surface area contributed by atoms with Crippen LogP contribution in [0, 0.1) is 0 Å². The Bertz CT molecular complexity index is 587. The van der Waals surface area contributed by atoms with Gasteiger partial charge in [-0.3, -0.25) is 9.36 Å². The summed E-state index contributed by atoms with van der Waals surface area (Å²) in [7, 11) is 0. The van der Waals surface area contributed by atoms with Crippen molar-refractivity contribution in [1.82, 2.24) is 14.8 Å². The number of carbonyl (C=O) groups excluding carboxylic acids is 1. The molecular weight excluding hydrogens is 262 g/mol. The highest BCUT2D eigenvalue weighted by molar-refractivity contribution is 6.16. The van der Waals surface area contributed by atoms with Gasteiger partial charge in [-0.2, -0.15) is 0 Å². The maximum atomic E-state index is 11.3. The van der Waals surface area contributed by atoms with E-state index < -0.39 is 0 Å². The fourth-order valence-corrected chi connectivity index (χ4v) is 2.09. The number of nitrogens with zero attached hydrogens (tertiary/aromatic N) is 3. The Kier molecular flexibility index (Phi) is 4.00. The predicted molar refractivity (Wildman–Crippen MR) is 75.0 cm³/mol. The van der Waals surface area contributed by atoms with Crippen molar-refractivity contribution in [3.05, 3.63) is 41.5 Å². The average Bonchev–Trinajstić information content (AvgIpc) is 2.82. The lowest BCUT2D eigenvalue weighted by Gasteiger charge is -2.11. The molecular formula is C14H16ClN3O. The van der Waals surface area contributed by atoms with E-state index in [9.17, 15) is 4.79 Å². The number of aromatic nitrogens is 3. The van der Waals surface area contributed by atoms with Crippen LogP contribution in [0.15, 0.2) is 24.3 Å². The molecule has 0 fully saturated rings. The highest BCUT2D eigenvalue weighted by Gasteiger charge is 2.15. The SMILES string of the molecule is CC(=O)c1ccc(-n2c(CCl)nnc2C(C)C)cc1. The summed E-state index contributed by atoms with van der Waals surface area (Å²) < 4.78 is 1.95. The highest BCUT2D eigenvalue weighted by atomic mass is 35.5. The minimum Gasteiger partial charge on any atom is -0.295 e. The lowest BCUT2D eigenvalue weighted by atomic mass is 10.1. The van der Waals surface area contributed by atoms with Crippen molar-refractivity contribution in [2.24, 2.45) is 0 Å². The van der Waals surface area contributed by atoms with Crippen molar-refractivity contribution in [2.45, 2.75) is 32.6 Å². The summed E-state index contributed by atoms with van der Waals surface area (Å²) in [5, 5.41) is 8.29. The molecule has 2 rings (SSSR count). The maximum absolute atomic E-state index is 11.3. The zero-order valence-electron chi connectivity index (χ0n) is 11.2. The lowest BCUT2D eigenvalue weighted by molar-refractivity contribution is 0.101. The van der Waals surface area contributed by atoms with Crippen molar-refractivity contribution >= 4 is 17.4 Å². The number of hydrogen-bond donors (Lipinski definition) is 0. The molecule has 1 heterocycles. The molecule has 2 aromatic rings. The molecule has 1 aromatic carbocycles. The number of ketones is 1. The van der Waals surface area contributed by atoms with Crippen molar-refractivity contribution in [3.63, 3.8) is 0 Å². The lowest BCUT2D eigenvalue weighted by Crippen LogP contribution is -2.06. The van der Waals surface area contributed by atoms with Gasteiger partial charge in [0.25, 0.3) is 0 Å². The molecule has 19 heavy (non-hydrogen) atoms. The van der Waals surface area contributed by atoms with Gasteiger partial charge in [0.05, 0.1) is 5.88 Å². The third-order valence-electron chi connectivity index (χ3n) is 2.92. The third-order valence-corrected chi connectivity index (χ3v) is 3.16. The molecule has 0 aliphatic carbocycles. The van der Waals surface area contributed by atoms with E-state index in [2.05, 4.69) is 24.0 Å². The zero-order chi connectivity index (χ0) is 14.0. The molecule has 100 valence electrons. The number of rotatable bonds is 4. The number of hydrogen-bond acceptors (Lipinski definition) is 3. The number of halogens is 1. The van der Waals surface area contributed by atoms with Crippen LogP contribution in [0.5, 0.6) is 0 Å². The quantitative estimate of drug-likeness (QED) is 0.636. The molecule has 1 aromatic heterocycles. The Hall–Kier alpha value is -1.68. The van der Waals surface area contributed by atoms with Gasteiger partial charge < -0.3 is 0 Å². The van der Waals surface area contributed by atoms with Gasteiger partial charge in [0.1, 0.15) is 5.82 Å². The molecule has 0 bridgehead atoms. The average molecular weight is 278 g/mol. The van der Waals surface area contributed by atoms with Crippen LogP contribution in [0.2, 0.25) is 0 Å². The normalized spacial score (nSPS) is 11.0. The molecule has 0 saturated heterocycles. The first-order chi connectivity index (χ1) is 9.04. The molecule has 0 unspecified atom stereocenters. The van der Waals surface area contributed by atoms with Crippen LogP contribution in [-0.2, 0) is 5.88 Å². The van der Waals surface area contributed by atoms with Gasteiger partial charge in [0.2, 0.25) is 0 Å². The Balaban J connectivity index is 2.51. The summed E-state index contributed by atoms with van der Waals surface area (Å²) in [4.78, 5) is 11.3. The third kappa shape index (κ3) is 2.68. The Morgan fingerprint density at radius 2 is 1.89 bits per heavy atom. The van der Waals surface area contributed by atoms with E-state index in [1.54, 1.807) is 19.1 Å². The Labute approximate surface area is 117 Å². The van der Waals surface area contributed by atoms with Crippen molar-refractivity contribution in [2.75, 3.05) is 0 Å². The molecule has 5 heteroatoms. The summed E-state index contributed by atoms with van der Waals surface area (Å²) in [5.41, 5.74) is 1.62. The minimum absolute atomic E-state index is 0.0527. The Morgan fingerprint density at radius 1 is 1.26 bits per heavy atom. The van der Waals surface area contributed by atoms with Crippen LogP contribution in [-0.4, -0.2) is 20.5 Å². The number of carbonyl (C=O) groups is 1. The van der Waals surface area contributed by atoms with Crippen molar-refractivity contribution in [3.8, 4) is 5.69 Å².